The molecule has 0 unspecified atom stereocenters. The quantitative estimate of drug-likeness (QED) is 0.0267. The van der Waals surface area contributed by atoms with Crippen molar-refractivity contribution < 1.29 is 57.0 Å². The van der Waals surface area contributed by atoms with Crippen LogP contribution in [-0.2, 0) is 46.7 Å². The summed E-state index contributed by atoms with van der Waals surface area (Å²) in [6, 6.07) is 16.3. The Balaban J connectivity index is 1.15. The summed E-state index contributed by atoms with van der Waals surface area (Å²) in [6.07, 6.45) is 3.93. The van der Waals surface area contributed by atoms with Crippen molar-refractivity contribution in [3.05, 3.63) is 114 Å². The fourth-order valence-corrected chi connectivity index (χ4v) is 8.77. The number of aliphatic hydroxyl groups excluding tert-OH is 1. The summed E-state index contributed by atoms with van der Waals surface area (Å²) < 4.78 is 36.4. The number of carbonyl (C=O) groups is 8. The minimum atomic E-state index is -0.877. The van der Waals surface area contributed by atoms with Crippen LogP contribution in [0.5, 0.6) is 0 Å². The predicted molar refractivity (Wildman–Crippen MR) is 281 cm³/mol. The summed E-state index contributed by atoms with van der Waals surface area (Å²) in [5, 5.41) is 25.5. The van der Waals surface area contributed by atoms with E-state index < -0.39 is 65.6 Å². The molecule has 0 spiro atoms. The molecule has 2 heterocycles. The van der Waals surface area contributed by atoms with Crippen LogP contribution in [0.4, 0.5) is 24.1 Å². The third-order valence-corrected chi connectivity index (χ3v) is 12.7. The van der Waals surface area contributed by atoms with Gasteiger partial charge in [0.25, 0.3) is 11.8 Å². The average molecular weight is 1070 g/mol. The van der Waals surface area contributed by atoms with Crippen LogP contribution in [0.15, 0.2) is 84.9 Å². The van der Waals surface area contributed by atoms with E-state index in [1.807, 2.05) is 51.1 Å². The molecule has 5 rings (SSSR count). The van der Waals surface area contributed by atoms with Gasteiger partial charge in [0.2, 0.25) is 17.7 Å². The summed E-state index contributed by atoms with van der Waals surface area (Å²) in [4.78, 5) is 109. The van der Waals surface area contributed by atoms with Crippen molar-refractivity contribution in [2.45, 2.75) is 111 Å². The van der Waals surface area contributed by atoms with Gasteiger partial charge in [0.1, 0.15) is 24.8 Å². The third kappa shape index (κ3) is 18.4. The third-order valence-electron chi connectivity index (χ3n) is 12.7. The van der Waals surface area contributed by atoms with Gasteiger partial charge in [-0.1, -0.05) is 83.5 Å². The lowest BCUT2D eigenvalue weighted by molar-refractivity contribution is -0.140. The Hall–Kier alpha value is -7.88. The standard InChI is InChI=1S/C55H70F2N10O10/c1-35(2)48(62-44(70)17-10-7-11-28-65-45(71)24-25-46(65)72)43(69)30-38(16-12-26-59-53(58)75)52(74)61-40-21-18-37(19-22-40)34-77-54(76)60-27-13-29-66(47(73)33-68)49(55(3,4)5)51-63-50(41-31-39(56)20-23-42(41)57)64-67(51)32-36-14-8-6-9-15-36/h6,8-9,14-15,18-25,31,35,38,48-49,68H,7,10-13,16-17,26-30,32-34H2,1-5H3,(H,60,76)(H,61,74)(H,62,70)(H3,58,59,75)/t38-,48+,49+/m1/s1. The van der Waals surface area contributed by atoms with Gasteiger partial charge in [-0.05, 0) is 84.9 Å². The number of ether oxygens (including phenoxy) is 1. The molecule has 7 N–H and O–H groups in total. The van der Waals surface area contributed by atoms with Crippen molar-refractivity contribution in [1.82, 2.24) is 40.5 Å². The first-order valence-electron chi connectivity index (χ1n) is 25.7. The van der Waals surface area contributed by atoms with Crippen molar-refractivity contribution in [2.75, 3.05) is 38.1 Å². The summed E-state index contributed by atoms with van der Waals surface area (Å²) in [5.74, 6) is -4.88. The molecule has 0 aliphatic carbocycles. The number of Topliss-reactive ketones (excluding diaryl/α,β-unsaturated/α-hetero) is 1. The van der Waals surface area contributed by atoms with Gasteiger partial charge >= 0.3 is 12.1 Å². The maximum Gasteiger partial charge on any atom is 0.407 e. The van der Waals surface area contributed by atoms with E-state index in [9.17, 15) is 47.9 Å². The van der Waals surface area contributed by atoms with Crippen molar-refractivity contribution in [1.29, 1.82) is 0 Å². The molecule has 0 radical (unpaired) electrons. The van der Waals surface area contributed by atoms with E-state index in [-0.39, 0.29) is 112 Å². The number of aliphatic hydroxyl groups is 1. The normalized spacial score (nSPS) is 13.5. The molecule has 3 atom stereocenters. The smallest absolute Gasteiger partial charge is 0.407 e. The van der Waals surface area contributed by atoms with E-state index in [2.05, 4.69) is 26.4 Å². The molecule has 1 aliphatic rings. The van der Waals surface area contributed by atoms with E-state index in [0.717, 1.165) is 28.7 Å². The molecule has 77 heavy (non-hydrogen) atoms. The summed E-state index contributed by atoms with van der Waals surface area (Å²) in [6.45, 7) is 8.91. The zero-order chi connectivity index (χ0) is 56.2. The lowest BCUT2D eigenvalue weighted by Crippen LogP contribution is -2.45. The number of hydrogen-bond acceptors (Lipinski definition) is 12. The van der Waals surface area contributed by atoms with Crippen LogP contribution in [0.2, 0.25) is 0 Å². The second-order valence-electron chi connectivity index (χ2n) is 20.2. The van der Waals surface area contributed by atoms with E-state index in [1.165, 1.54) is 17.1 Å². The zero-order valence-corrected chi connectivity index (χ0v) is 44.2. The van der Waals surface area contributed by atoms with Crippen LogP contribution >= 0.6 is 0 Å². The highest BCUT2D eigenvalue weighted by Crippen LogP contribution is 2.39. The van der Waals surface area contributed by atoms with Crippen molar-refractivity contribution >= 4 is 53.1 Å². The van der Waals surface area contributed by atoms with Crippen molar-refractivity contribution in [3.8, 4) is 11.4 Å². The van der Waals surface area contributed by atoms with Crippen LogP contribution in [-0.4, -0.2) is 116 Å². The molecule has 22 heteroatoms. The Morgan fingerprint density at radius 3 is 2.18 bits per heavy atom. The van der Waals surface area contributed by atoms with Gasteiger partial charge in [-0.2, -0.15) is 5.10 Å². The second-order valence-corrected chi connectivity index (χ2v) is 20.2. The summed E-state index contributed by atoms with van der Waals surface area (Å²) in [7, 11) is 0. The van der Waals surface area contributed by atoms with E-state index in [0.29, 0.717) is 36.9 Å². The first kappa shape index (κ1) is 60.0. The Bertz CT molecular complexity index is 2710. The number of primary amides is 1. The van der Waals surface area contributed by atoms with E-state index >= 15 is 4.39 Å². The molecular weight excluding hydrogens is 999 g/mol. The monoisotopic (exact) mass is 1070 g/mol. The largest absolute Gasteiger partial charge is 0.445 e. The number of nitrogens with two attached hydrogens (primary N) is 1. The number of nitrogens with one attached hydrogen (secondary N) is 4. The van der Waals surface area contributed by atoms with Gasteiger partial charge in [0.15, 0.2) is 17.4 Å². The van der Waals surface area contributed by atoms with Crippen molar-refractivity contribution in [3.63, 3.8) is 0 Å². The molecule has 4 aromatic rings. The number of nitrogens with zero attached hydrogens (tertiary/aromatic N) is 5. The SMILES string of the molecule is CC(C)[C@H](NC(=O)CCCCCN1C(=O)C=CC1=O)C(=O)C[C@@H](CCCNC(N)=O)C(=O)Nc1ccc(COC(=O)NCCCN(C(=O)CO)[C@@H](c2nc(-c3cc(F)ccc3F)nn2Cc2ccccc2)C(C)(C)C)cc1. The van der Waals surface area contributed by atoms with Crippen LogP contribution in [0, 0.1) is 28.9 Å². The number of rotatable bonds is 29. The summed E-state index contributed by atoms with van der Waals surface area (Å²) in [5.41, 5.74) is 6.13. The second kappa shape index (κ2) is 28.9. The minimum Gasteiger partial charge on any atom is -0.445 e. The fraction of sp³-hybridized carbons (Fsp3) is 0.455. The molecular formula is C55H70F2N10O10. The number of anilines is 1. The molecule has 0 saturated carbocycles. The number of ketones is 1. The van der Waals surface area contributed by atoms with Crippen molar-refractivity contribution in [2.24, 2.45) is 23.0 Å². The number of aromatic nitrogens is 3. The number of halogens is 2. The molecule has 3 aromatic carbocycles. The number of urea groups is 1. The maximum atomic E-state index is 15.1. The van der Waals surface area contributed by atoms with E-state index in [4.69, 9.17) is 15.5 Å². The zero-order valence-electron chi connectivity index (χ0n) is 44.2. The number of imide groups is 1. The van der Waals surface area contributed by atoms with E-state index in [1.54, 1.807) is 42.8 Å². The number of hydrogen-bond donors (Lipinski definition) is 6. The number of benzene rings is 3. The number of alkyl carbamates (subject to hydrolysis) is 1. The number of carbonyl (C=O) groups excluding carboxylic acids is 8. The van der Waals surface area contributed by atoms with Crippen LogP contribution < -0.4 is 27.0 Å². The highest BCUT2D eigenvalue weighted by Gasteiger charge is 2.39. The average Bonchev–Trinajstić information content (AvgIpc) is 3.97. The first-order valence-corrected chi connectivity index (χ1v) is 25.7. The molecule has 1 aromatic heterocycles. The molecule has 20 nitrogen and oxygen atoms in total. The molecule has 1 aliphatic heterocycles. The van der Waals surface area contributed by atoms with Crippen LogP contribution in [0.25, 0.3) is 11.4 Å². The Kier molecular flexibility index (Phi) is 22.5. The van der Waals surface area contributed by atoms with Crippen LogP contribution in [0.3, 0.4) is 0 Å². The maximum absolute atomic E-state index is 15.1. The number of amides is 8. The Labute approximate surface area is 446 Å². The molecule has 0 saturated heterocycles. The molecule has 0 fully saturated rings. The Morgan fingerprint density at radius 2 is 1.53 bits per heavy atom. The lowest BCUT2D eigenvalue weighted by atomic mass is 9.84. The van der Waals surface area contributed by atoms with Gasteiger partial charge in [-0.3, -0.25) is 33.7 Å². The molecule has 8 amide bonds. The lowest BCUT2D eigenvalue weighted by Gasteiger charge is -2.39. The topological polar surface area (TPSA) is 277 Å². The van der Waals surface area contributed by atoms with Gasteiger partial charge in [0, 0.05) is 62.8 Å². The van der Waals surface area contributed by atoms with Gasteiger partial charge in [-0.25, -0.2) is 28.0 Å². The molecule has 414 valence electrons. The van der Waals surface area contributed by atoms with Gasteiger partial charge < -0.3 is 41.7 Å². The molecule has 0 bridgehead atoms. The van der Waals surface area contributed by atoms with Gasteiger partial charge in [0.05, 0.1) is 24.2 Å². The highest BCUT2D eigenvalue weighted by atomic mass is 19.1. The minimum absolute atomic E-state index is 0.0426. The highest BCUT2D eigenvalue weighted by molar-refractivity contribution is 6.12. The first-order chi connectivity index (χ1) is 36.6. The van der Waals surface area contributed by atoms with Crippen LogP contribution in [0.1, 0.15) is 109 Å². The fourth-order valence-electron chi connectivity index (χ4n) is 8.77. The van der Waals surface area contributed by atoms with Gasteiger partial charge in [-0.15, -0.1) is 0 Å². The predicted octanol–water partition coefficient (Wildman–Crippen LogP) is 6.08. The Morgan fingerprint density at radius 1 is 0.844 bits per heavy atom. The number of unbranched alkanes of at least 4 members (excludes halogenated alkanes) is 2. The summed E-state index contributed by atoms with van der Waals surface area (Å²) >= 11 is 0.